The van der Waals surface area contributed by atoms with Gasteiger partial charge in [-0.25, -0.2) is 14.8 Å². The predicted molar refractivity (Wildman–Crippen MR) is 158 cm³/mol. The van der Waals surface area contributed by atoms with E-state index in [1.807, 2.05) is 0 Å². The standard InChI is InChI=1S/C31H42N4O8/c1-20-23(13-9-15-25(20)38)27(39)32-26(21(2)37)29(41)35(19-22-11-7-6-8-12-22)34(17-18-36)28(40)24-14-10-16-33(24)30(42)43-31(3,4)5/h6-9,11-13,15,21,24,26,36-38H,10,14,16-19H2,1-5H3,(H,32,39)/t21-,24+,26+/m1/s1. The van der Waals surface area contributed by atoms with Crippen molar-refractivity contribution < 1.29 is 39.2 Å². The zero-order chi connectivity index (χ0) is 31.9. The average Bonchev–Trinajstić information content (AvgIpc) is 3.44. The van der Waals surface area contributed by atoms with Crippen molar-refractivity contribution >= 4 is 23.8 Å². The summed E-state index contributed by atoms with van der Waals surface area (Å²) >= 11 is 0. The number of hydrogen-bond acceptors (Lipinski definition) is 8. The van der Waals surface area contributed by atoms with Crippen molar-refractivity contribution in [3.63, 3.8) is 0 Å². The number of amides is 4. The van der Waals surface area contributed by atoms with Gasteiger partial charge in [-0.15, -0.1) is 0 Å². The Hall–Kier alpha value is -4.16. The highest BCUT2D eigenvalue weighted by Crippen LogP contribution is 2.25. The number of hydrazine groups is 1. The fourth-order valence-electron chi connectivity index (χ4n) is 4.86. The molecule has 12 heteroatoms. The maximum absolute atomic E-state index is 14.2. The molecule has 0 unspecified atom stereocenters. The second-order valence-corrected chi connectivity index (χ2v) is 11.5. The lowest BCUT2D eigenvalue weighted by atomic mass is 10.1. The van der Waals surface area contributed by atoms with Crippen molar-refractivity contribution in [1.82, 2.24) is 20.2 Å². The number of carbonyl (C=O) groups excluding carboxylic acids is 4. The lowest BCUT2D eigenvalue weighted by Gasteiger charge is -2.39. The molecule has 43 heavy (non-hydrogen) atoms. The number of ether oxygens (including phenoxy) is 1. The molecule has 0 saturated carbocycles. The van der Waals surface area contributed by atoms with Crippen LogP contribution in [0.25, 0.3) is 0 Å². The molecule has 234 valence electrons. The number of benzene rings is 2. The van der Waals surface area contributed by atoms with Crippen LogP contribution in [0.2, 0.25) is 0 Å². The lowest BCUT2D eigenvalue weighted by Crippen LogP contribution is -2.62. The highest BCUT2D eigenvalue weighted by atomic mass is 16.6. The quantitative estimate of drug-likeness (QED) is 0.320. The Morgan fingerprint density at radius 3 is 2.35 bits per heavy atom. The first kappa shape index (κ1) is 33.3. The molecule has 4 amide bonds. The van der Waals surface area contributed by atoms with Crippen LogP contribution in [-0.2, 0) is 20.9 Å². The molecule has 1 aliphatic heterocycles. The largest absolute Gasteiger partial charge is 0.508 e. The average molecular weight is 599 g/mol. The summed E-state index contributed by atoms with van der Waals surface area (Å²) in [4.78, 5) is 55.7. The summed E-state index contributed by atoms with van der Waals surface area (Å²) < 4.78 is 5.51. The molecule has 4 N–H and O–H groups in total. The highest BCUT2D eigenvalue weighted by Gasteiger charge is 2.42. The van der Waals surface area contributed by atoms with Crippen LogP contribution in [0.1, 0.15) is 62.0 Å². The zero-order valence-electron chi connectivity index (χ0n) is 25.3. The number of carbonyl (C=O) groups is 4. The van der Waals surface area contributed by atoms with Crippen molar-refractivity contribution in [3.8, 4) is 5.75 Å². The number of nitrogens with one attached hydrogen (secondary N) is 1. The molecule has 0 aromatic heterocycles. The molecule has 1 aliphatic rings. The first-order valence-electron chi connectivity index (χ1n) is 14.3. The summed E-state index contributed by atoms with van der Waals surface area (Å²) in [7, 11) is 0. The van der Waals surface area contributed by atoms with Crippen LogP contribution in [0, 0.1) is 6.92 Å². The van der Waals surface area contributed by atoms with Gasteiger partial charge < -0.3 is 25.4 Å². The zero-order valence-corrected chi connectivity index (χ0v) is 25.3. The molecule has 1 fully saturated rings. The number of hydrogen-bond donors (Lipinski definition) is 4. The SMILES string of the molecule is Cc1c(O)cccc1C(=O)N[C@H](C(=O)N(Cc1ccccc1)N(CCO)C(=O)[C@@H]1CCCN1C(=O)OC(C)(C)C)[C@@H](C)O. The number of rotatable bonds is 9. The Labute approximate surface area is 251 Å². The van der Waals surface area contributed by atoms with Gasteiger partial charge in [0.1, 0.15) is 23.4 Å². The van der Waals surface area contributed by atoms with Gasteiger partial charge in [0.05, 0.1) is 25.8 Å². The van der Waals surface area contributed by atoms with E-state index in [-0.39, 0.29) is 30.9 Å². The van der Waals surface area contributed by atoms with E-state index >= 15 is 0 Å². The Morgan fingerprint density at radius 1 is 1.07 bits per heavy atom. The second-order valence-electron chi connectivity index (χ2n) is 11.5. The third kappa shape index (κ3) is 8.45. The Kier molecular flexibility index (Phi) is 11.1. The van der Waals surface area contributed by atoms with E-state index in [4.69, 9.17) is 4.74 Å². The molecule has 1 saturated heterocycles. The third-order valence-corrected chi connectivity index (χ3v) is 7.04. The number of aromatic hydroxyl groups is 1. The topological polar surface area (TPSA) is 160 Å². The van der Waals surface area contributed by atoms with Gasteiger partial charge in [-0.2, -0.15) is 0 Å². The molecule has 3 atom stereocenters. The number of aliphatic hydroxyl groups excluding tert-OH is 2. The number of likely N-dealkylation sites (tertiary alicyclic amines) is 1. The molecule has 0 aliphatic carbocycles. The number of phenolic OH excluding ortho intramolecular Hbond substituents is 1. The molecule has 12 nitrogen and oxygen atoms in total. The maximum Gasteiger partial charge on any atom is 0.410 e. The minimum Gasteiger partial charge on any atom is -0.508 e. The minimum absolute atomic E-state index is 0.107. The Morgan fingerprint density at radius 2 is 1.74 bits per heavy atom. The lowest BCUT2D eigenvalue weighted by molar-refractivity contribution is -0.172. The van der Waals surface area contributed by atoms with Crippen LogP contribution in [0.5, 0.6) is 5.75 Å². The van der Waals surface area contributed by atoms with Crippen LogP contribution in [0.3, 0.4) is 0 Å². The van der Waals surface area contributed by atoms with Crippen LogP contribution >= 0.6 is 0 Å². The van der Waals surface area contributed by atoms with Gasteiger partial charge in [-0.3, -0.25) is 19.3 Å². The summed E-state index contributed by atoms with van der Waals surface area (Å²) in [5.74, 6) is -2.24. The van der Waals surface area contributed by atoms with Crippen LogP contribution in [0.15, 0.2) is 48.5 Å². The predicted octanol–water partition coefficient (Wildman–Crippen LogP) is 2.34. The van der Waals surface area contributed by atoms with E-state index in [1.165, 1.54) is 30.0 Å². The van der Waals surface area contributed by atoms with Gasteiger partial charge in [0.25, 0.3) is 17.7 Å². The second kappa shape index (κ2) is 14.3. The van der Waals surface area contributed by atoms with Crippen LogP contribution in [0.4, 0.5) is 4.79 Å². The number of aliphatic hydroxyl groups is 2. The molecule has 0 spiro atoms. The van der Waals surface area contributed by atoms with E-state index in [0.717, 1.165) is 10.0 Å². The maximum atomic E-state index is 14.2. The summed E-state index contributed by atoms with van der Waals surface area (Å²) in [6, 6.07) is 10.7. The van der Waals surface area contributed by atoms with Crippen molar-refractivity contribution in [2.45, 2.75) is 77.8 Å². The van der Waals surface area contributed by atoms with Crippen molar-refractivity contribution in [3.05, 3.63) is 65.2 Å². The van der Waals surface area contributed by atoms with Crippen molar-refractivity contribution in [1.29, 1.82) is 0 Å². The summed E-state index contributed by atoms with van der Waals surface area (Å²) in [6.07, 6.45) is -1.20. The minimum atomic E-state index is -1.50. The van der Waals surface area contributed by atoms with E-state index < -0.39 is 54.2 Å². The normalized spacial score (nSPS) is 16.3. The summed E-state index contributed by atoms with van der Waals surface area (Å²) in [5, 5.41) is 35.4. The molecule has 2 aromatic rings. The molecule has 0 bridgehead atoms. The van der Waals surface area contributed by atoms with E-state index in [9.17, 15) is 34.5 Å². The van der Waals surface area contributed by atoms with Crippen molar-refractivity contribution in [2.24, 2.45) is 0 Å². The van der Waals surface area contributed by atoms with E-state index in [2.05, 4.69) is 5.32 Å². The van der Waals surface area contributed by atoms with Crippen LogP contribution < -0.4 is 5.32 Å². The van der Waals surface area contributed by atoms with E-state index in [0.29, 0.717) is 24.0 Å². The summed E-state index contributed by atoms with van der Waals surface area (Å²) in [5.41, 5.74) is 0.250. The molecule has 2 aromatic carbocycles. The first-order chi connectivity index (χ1) is 20.2. The number of nitrogens with zero attached hydrogens (tertiary/aromatic N) is 3. The van der Waals surface area contributed by atoms with Gasteiger partial charge in [-0.05, 0) is 65.2 Å². The van der Waals surface area contributed by atoms with Gasteiger partial charge in [0.2, 0.25) is 0 Å². The fourth-order valence-corrected chi connectivity index (χ4v) is 4.86. The number of phenols is 1. The highest BCUT2D eigenvalue weighted by molar-refractivity contribution is 5.99. The molecule has 1 heterocycles. The Bertz CT molecular complexity index is 1290. The van der Waals surface area contributed by atoms with Crippen molar-refractivity contribution in [2.75, 3.05) is 19.7 Å². The van der Waals surface area contributed by atoms with E-state index in [1.54, 1.807) is 58.0 Å². The Balaban J connectivity index is 1.99. The van der Waals surface area contributed by atoms with Gasteiger partial charge >= 0.3 is 6.09 Å². The van der Waals surface area contributed by atoms with Gasteiger partial charge in [-0.1, -0.05) is 36.4 Å². The third-order valence-electron chi connectivity index (χ3n) is 7.04. The monoisotopic (exact) mass is 598 g/mol. The molecule has 3 rings (SSSR count). The molecule has 0 radical (unpaired) electrons. The van der Waals surface area contributed by atoms with Gasteiger partial charge in [0, 0.05) is 17.7 Å². The van der Waals surface area contributed by atoms with Gasteiger partial charge in [0.15, 0.2) is 0 Å². The first-order valence-corrected chi connectivity index (χ1v) is 14.3. The molecular weight excluding hydrogens is 556 g/mol. The smallest absolute Gasteiger partial charge is 0.410 e. The fraction of sp³-hybridized carbons (Fsp3) is 0.484. The van der Waals surface area contributed by atoms with Crippen LogP contribution in [-0.4, -0.2) is 97.5 Å². The summed E-state index contributed by atoms with van der Waals surface area (Å²) in [6.45, 7) is 7.40. The molecular formula is C31H42N4O8.